The van der Waals surface area contributed by atoms with Crippen LogP contribution in [0, 0.1) is 0 Å². The molecule has 0 amide bonds. The first-order valence-corrected chi connectivity index (χ1v) is 4.05. The van der Waals surface area contributed by atoms with Crippen LogP contribution in [-0.2, 0) is 0 Å². The molecule has 62 valence electrons. The molecule has 2 atom stereocenters. The van der Waals surface area contributed by atoms with E-state index in [1.165, 1.54) is 12.8 Å². The fraction of sp³-hybridized carbons (Fsp3) is 1.00. The molecular weight excluding hydrogens is 124 g/mol. The Kier molecular flexibility index (Phi) is 5.64. The first-order chi connectivity index (χ1) is 4.70. The maximum Gasteiger partial charge on any atom is 0.00363 e. The molecule has 2 heteroatoms. The largest absolute Gasteiger partial charge is 0.317 e. The van der Waals surface area contributed by atoms with Crippen LogP contribution in [0.5, 0.6) is 0 Å². The summed E-state index contributed by atoms with van der Waals surface area (Å²) in [6, 6.07) is 1.30. The van der Waals surface area contributed by atoms with Crippen LogP contribution in [0.3, 0.4) is 0 Å². The Morgan fingerprint density at radius 1 is 0.900 bits per heavy atom. The van der Waals surface area contributed by atoms with E-state index in [-0.39, 0.29) is 0 Å². The van der Waals surface area contributed by atoms with E-state index >= 15 is 0 Å². The standard InChI is InChI=1S/C8H20N2/c1-7(9-3)5-6-8(2)10-4/h7-10H,5-6H2,1-4H3. The average Bonchev–Trinajstić information content (AvgIpc) is 1.99. The van der Waals surface area contributed by atoms with Crippen molar-refractivity contribution in [2.45, 2.75) is 38.8 Å². The molecule has 0 rings (SSSR count). The summed E-state index contributed by atoms with van der Waals surface area (Å²) in [5.74, 6) is 0. The lowest BCUT2D eigenvalue weighted by molar-refractivity contribution is 0.475. The molecule has 0 radical (unpaired) electrons. The molecule has 2 nitrogen and oxygen atoms in total. The van der Waals surface area contributed by atoms with E-state index in [4.69, 9.17) is 0 Å². The molecule has 0 spiro atoms. The van der Waals surface area contributed by atoms with Gasteiger partial charge in [0.1, 0.15) is 0 Å². The molecule has 0 saturated carbocycles. The maximum atomic E-state index is 3.22. The Balaban J connectivity index is 3.17. The van der Waals surface area contributed by atoms with Crippen molar-refractivity contribution in [3.05, 3.63) is 0 Å². The van der Waals surface area contributed by atoms with Crippen molar-refractivity contribution in [3.8, 4) is 0 Å². The van der Waals surface area contributed by atoms with Crippen LogP contribution in [-0.4, -0.2) is 26.2 Å². The average molecular weight is 144 g/mol. The predicted molar refractivity (Wildman–Crippen MR) is 46.3 cm³/mol. The molecule has 0 bridgehead atoms. The molecule has 0 aliphatic heterocycles. The van der Waals surface area contributed by atoms with Crippen molar-refractivity contribution in [2.75, 3.05) is 14.1 Å². The molecule has 0 aromatic rings. The van der Waals surface area contributed by atoms with Crippen molar-refractivity contribution >= 4 is 0 Å². The first kappa shape index (κ1) is 9.92. The SMILES string of the molecule is CNC(C)CCC(C)NC. The molecule has 10 heavy (non-hydrogen) atoms. The zero-order valence-corrected chi connectivity index (χ0v) is 7.57. The highest BCUT2D eigenvalue weighted by molar-refractivity contribution is 4.63. The summed E-state index contributed by atoms with van der Waals surface area (Å²) in [6.45, 7) is 4.42. The van der Waals surface area contributed by atoms with Gasteiger partial charge in [-0.05, 0) is 40.8 Å². The fourth-order valence-electron chi connectivity index (χ4n) is 0.789. The monoisotopic (exact) mass is 144 g/mol. The third-order valence-electron chi connectivity index (χ3n) is 2.02. The van der Waals surface area contributed by atoms with E-state index < -0.39 is 0 Å². The summed E-state index contributed by atoms with van der Waals surface area (Å²) in [5, 5.41) is 6.43. The third kappa shape index (κ3) is 4.77. The Bertz CT molecular complexity index is 63.7. The summed E-state index contributed by atoms with van der Waals surface area (Å²) in [7, 11) is 4.02. The minimum atomic E-state index is 0.649. The second kappa shape index (κ2) is 5.69. The number of hydrogen-bond donors (Lipinski definition) is 2. The van der Waals surface area contributed by atoms with Gasteiger partial charge in [-0.2, -0.15) is 0 Å². The Morgan fingerprint density at radius 2 is 1.20 bits per heavy atom. The summed E-state index contributed by atoms with van der Waals surface area (Å²) in [5.41, 5.74) is 0. The zero-order chi connectivity index (χ0) is 7.98. The van der Waals surface area contributed by atoms with Crippen LogP contribution < -0.4 is 10.6 Å². The molecule has 0 aromatic heterocycles. The Morgan fingerprint density at radius 3 is 1.40 bits per heavy atom. The van der Waals surface area contributed by atoms with Gasteiger partial charge < -0.3 is 10.6 Å². The number of rotatable bonds is 5. The van der Waals surface area contributed by atoms with Crippen LogP contribution in [0.1, 0.15) is 26.7 Å². The lowest BCUT2D eigenvalue weighted by Crippen LogP contribution is -2.26. The van der Waals surface area contributed by atoms with Crippen molar-refractivity contribution in [1.29, 1.82) is 0 Å². The topological polar surface area (TPSA) is 24.1 Å². The van der Waals surface area contributed by atoms with E-state index in [9.17, 15) is 0 Å². The zero-order valence-electron chi connectivity index (χ0n) is 7.57. The van der Waals surface area contributed by atoms with E-state index in [0.717, 1.165) is 0 Å². The molecule has 0 aliphatic rings. The minimum absolute atomic E-state index is 0.649. The summed E-state index contributed by atoms with van der Waals surface area (Å²) in [4.78, 5) is 0. The predicted octanol–water partition coefficient (Wildman–Crippen LogP) is 0.982. The summed E-state index contributed by atoms with van der Waals surface area (Å²) < 4.78 is 0. The second-order valence-corrected chi connectivity index (χ2v) is 2.96. The summed E-state index contributed by atoms with van der Waals surface area (Å²) in [6.07, 6.45) is 2.50. The van der Waals surface area contributed by atoms with Gasteiger partial charge in [0.05, 0.1) is 0 Å². The van der Waals surface area contributed by atoms with E-state index in [0.29, 0.717) is 12.1 Å². The quantitative estimate of drug-likeness (QED) is 0.601. The molecular formula is C8H20N2. The lowest BCUT2D eigenvalue weighted by atomic mass is 10.1. The van der Waals surface area contributed by atoms with Gasteiger partial charge in [-0.1, -0.05) is 0 Å². The maximum absolute atomic E-state index is 3.22. The van der Waals surface area contributed by atoms with Gasteiger partial charge in [0.2, 0.25) is 0 Å². The third-order valence-corrected chi connectivity index (χ3v) is 2.02. The van der Waals surface area contributed by atoms with Crippen LogP contribution in [0.15, 0.2) is 0 Å². The van der Waals surface area contributed by atoms with Gasteiger partial charge in [-0.25, -0.2) is 0 Å². The smallest absolute Gasteiger partial charge is 0.00363 e. The van der Waals surface area contributed by atoms with Gasteiger partial charge in [0, 0.05) is 12.1 Å². The molecule has 0 heterocycles. The molecule has 0 saturated heterocycles. The highest BCUT2D eigenvalue weighted by Gasteiger charge is 2.01. The van der Waals surface area contributed by atoms with Crippen molar-refractivity contribution < 1.29 is 0 Å². The number of nitrogens with one attached hydrogen (secondary N) is 2. The highest BCUT2D eigenvalue weighted by atomic mass is 14.9. The van der Waals surface area contributed by atoms with Gasteiger partial charge in [0.25, 0.3) is 0 Å². The van der Waals surface area contributed by atoms with Crippen LogP contribution in [0.2, 0.25) is 0 Å². The van der Waals surface area contributed by atoms with Crippen LogP contribution in [0.25, 0.3) is 0 Å². The second-order valence-electron chi connectivity index (χ2n) is 2.96. The first-order valence-electron chi connectivity index (χ1n) is 4.05. The summed E-state index contributed by atoms with van der Waals surface area (Å²) >= 11 is 0. The molecule has 0 aromatic carbocycles. The molecule has 2 unspecified atom stereocenters. The molecule has 2 N–H and O–H groups in total. The minimum Gasteiger partial charge on any atom is -0.317 e. The Labute approximate surface area is 64.4 Å². The van der Waals surface area contributed by atoms with Gasteiger partial charge in [-0.15, -0.1) is 0 Å². The van der Waals surface area contributed by atoms with Crippen LogP contribution in [0.4, 0.5) is 0 Å². The lowest BCUT2D eigenvalue weighted by Gasteiger charge is -2.13. The van der Waals surface area contributed by atoms with Crippen molar-refractivity contribution in [3.63, 3.8) is 0 Å². The fourth-order valence-corrected chi connectivity index (χ4v) is 0.789. The van der Waals surface area contributed by atoms with Gasteiger partial charge >= 0.3 is 0 Å². The number of hydrogen-bond acceptors (Lipinski definition) is 2. The van der Waals surface area contributed by atoms with E-state index in [1.807, 2.05) is 14.1 Å². The van der Waals surface area contributed by atoms with E-state index in [1.54, 1.807) is 0 Å². The van der Waals surface area contributed by atoms with Crippen molar-refractivity contribution in [2.24, 2.45) is 0 Å². The normalized spacial score (nSPS) is 16.8. The van der Waals surface area contributed by atoms with Crippen molar-refractivity contribution in [1.82, 2.24) is 10.6 Å². The van der Waals surface area contributed by atoms with Gasteiger partial charge in [0.15, 0.2) is 0 Å². The van der Waals surface area contributed by atoms with Crippen LogP contribution >= 0.6 is 0 Å². The van der Waals surface area contributed by atoms with Gasteiger partial charge in [-0.3, -0.25) is 0 Å². The molecule has 0 fully saturated rings. The van der Waals surface area contributed by atoms with E-state index in [2.05, 4.69) is 24.5 Å². The molecule has 0 aliphatic carbocycles. The highest BCUT2D eigenvalue weighted by Crippen LogP contribution is 1.99. The Hall–Kier alpha value is -0.0800.